The number of para-hydroxylation sites is 1. The molecule has 1 aliphatic rings. The monoisotopic (exact) mass is 242 g/mol. The van der Waals surface area contributed by atoms with E-state index in [1.54, 1.807) is 0 Å². The molecule has 2 aromatic carbocycles. The number of rotatable bonds is 2. The molecule has 84 valence electrons. The van der Waals surface area contributed by atoms with Crippen LogP contribution >= 0.6 is 11.8 Å². The molecule has 0 saturated carbocycles. The fraction of sp³-hybridized carbons (Fsp3) is 0.0714. The molecule has 2 nitrogen and oxygen atoms in total. The lowest BCUT2D eigenvalue weighted by atomic mass is 10.1. The topological polar surface area (TPSA) is 26.3 Å². The first-order valence-corrected chi connectivity index (χ1v) is 6.34. The van der Waals surface area contributed by atoms with Gasteiger partial charge in [-0.3, -0.25) is 4.79 Å². The third-order valence-electron chi connectivity index (χ3n) is 2.63. The van der Waals surface area contributed by atoms with Gasteiger partial charge in [-0.05, 0) is 35.9 Å². The number of benzene rings is 2. The summed E-state index contributed by atoms with van der Waals surface area (Å²) in [5.74, 6) is 2.34. The molecule has 0 aliphatic carbocycles. The van der Waals surface area contributed by atoms with Crippen molar-refractivity contribution in [2.75, 3.05) is 0 Å². The van der Waals surface area contributed by atoms with Gasteiger partial charge in [0.15, 0.2) is 0 Å². The standard InChI is InChI=1S/C14H10O2S/c15-14-13-7-6-12(8-10(13)9-17-14)16-11-4-2-1-3-5-11/h1-8H,9H2. The van der Waals surface area contributed by atoms with Gasteiger partial charge in [0.2, 0.25) is 5.12 Å². The molecule has 0 aromatic heterocycles. The van der Waals surface area contributed by atoms with Crippen LogP contribution in [0.25, 0.3) is 0 Å². The van der Waals surface area contributed by atoms with Crippen molar-refractivity contribution < 1.29 is 9.53 Å². The second-order valence-corrected chi connectivity index (χ2v) is 4.76. The molecule has 17 heavy (non-hydrogen) atoms. The average Bonchev–Trinajstić information content (AvgIpc) is 2.72. The molecule has 0 unspecified atom stereocenters. The van der Waals surface area contributed by atoms with Crippen LogP contribution in [0.2, 0.25) is 0 Å². The van der Waals surface area contributed by atoms with Crippen molar-refractivity contribution >= 4 is 16.9 Å². The number of thioether (sulfide) groups is 1. The number of ether oxygens (including phenoxy) is 1. The Kier molecular flexibility index (Phi) is 2.61. The van der Waals surface area contributed by atoms with Gasteiger partial charge in [0.1, 0.15) is 11.5 Å². The maximum Gasteiger partial charge on any atom is 0.219 e. The molecule has 0 saturated heterocycles. The molecule has 0 radical (unpaired) electrons. The summed E-state index contributed by atoms with van der Waals surface area (Å²) in [6.45, 7) is 0. The van der Waals surface area contributed by atoms with E-state index in [4.69, 9.17) is 4.74 Å². The molecule has 1 heterocycles. The highest BCUT2D eigenvalue weighted by Crippen LogP contribution is 2.33. The van der Waals surface area contributed by atoms with Crippen molar-refractivity contribution in [3.8, 4) is 11.5 Å². The third kappa shape index (κ3) is 2.06. The van der Waals surface area contributed by atoms with Crippen LogP contribution in [0.1, 0.15) is 15.9 Å². The summed E-state index contributed by atoms with van der Waals surface area (Å²) >= 11 is 1.35. The minimum Gasteiger partial charge on any atom is -0.457 e. The molecule has 3 heteroatoms. The Bertz CT molecular complexity index is 564. The van der Waals surface area contributed by atoms with Gasteiger partial charge in [0, 0.05) is 11.3 Å². The first-order valence-electron chi connectivity index (χ1n) is 5.36. The highest BCUT2D eigenvalue weighted by atomic mass is 32.2. The number of hydrogen-bond acceptors (Lipinski definition) is 3. The van der Waals surface area contributed by atoms with E-state index in [0.717, 1.165) is 28.4 Å². The first kappa shape index (κ1) is 10.4. The zero-order valence-electron chi connectivity index (χ0n) is 9.05. The zero-order chi connectivity index (χ0) is 11.7. The van der Waals surface area contributed by atoms with E-state index in [1.807, 2.05) is 48.5 Å². The molecule has 0 bridgehead atoms. The van der Waals surface area contributed by atoms with Crippen LogP contribution in [0.15, 0.2) is 48.5 Å². The van der Waals surface area contributed by atoms with Gasteiger partial charge in [-0.1, -0.05) is 30.0 Å². The minimum absolute atomic E-state index is 0.159. The minimum atomic E-state index is 0.159. The van der Waals surface area contributed by atoms with Crippen molar-refractivity contribution in [1.29, 1.82) is 0 Å². The molecule has 0 amide bonds. The van der Waals surface area contributed by atoms with E-state index in [2.05, 4.69) is 0 Å². The number of hydrogen-bond donors (Lipinski definition) is 0. The first-order chi connectivity index (χ1) is 8.33. The van der Waals surface area contributed by atoms with Crippen LogP contribution in [0.4, 0.5) is 0 Å². The molecular weight excluding hydrogens is 232 g/mol. The Hall–Kier alpha value is -1.74. The quantitative estimate of drug-likeness (QED) is 0.799. The van der Waals surface area contributed by atoms with Crippen LogP contribution in [0.3, 0.4) is 0 Å². The zero-order valence-corrected chi connectivity index (χ0v) is 9.87. The predicted octanol–water partition coefficient (Wildman–Crippen LogP) is 3.87. The number of carbonyl (C=O) groups excluding carboxylic acids is 1. The second kappa shape index (κ2) is 4.26. The summed E-state index contributed by atoms with van der Waals surface area (Å²) in [5.41, 5.74) is 1.88. The summed E-state index contributed by atoms with van der Waals surface area (Å²) in [7, 11) is 0. The fourth-order valence-corrected chi connectivity index (χ4v) is 2.68. The molecule has 0 N–H and O–H groups in total. The summed E-state index contributed by atoms with van der Waals surface area (Å²) in [6.07, 6.45) is 0. The van der Waals surface area contributed by atoms with Gasteiger partial charge < -0.3 is 4.74 Å². The second-order valence-electron chi connectivity index (χ2n) is 3.81. The van der Waals surface area contributed by atoms with E-state index in [-0.39, 0.29) is 5.12 Å². The van der Waals surface area contributed by atoms with Crippen LogP contribution in [-0.2, 0) is 5.75 Å². The van der Waals surface area contributed by atoms with Crippen molar-refractivity contribution in [3.63, 3.8) is 0 Å². The Balaban J connectivity index is 1.88. The summed E-state index contributed by atoms with van der Waals surface area (Å²) in [4.78, 5) is 11.5. The number of carbonyl (C=O) groups is 1. The highest BCUT2D eigenvalue weighted by Gasteiger charge is 2.20. The summed E-state index contributed by atoms with van der Waals surface area (Å²) < 4.78 is 5.72. The van der Waals surface area contributed by atoms with Crippen LogP contribution in [0, 0.1) is 0 Å². The van der Waals surface area contributed by atoms with E-state index >= 15 is 0 Å². The lowest BCUT2D eigenvalue weighted by Crippen LogP contribution is -1.90. The van der Waals surface area contributed by atoms with Crippen LogP contribution in [0.5, 0.6) is 11.5 Å². The highest BCUT2D eigenvalue weighted by molar-refractivity contribution is 8.13. The SMILES string of the molecule is O=C1SCc2cc(Oc3ccccc3)ccc21. The fourth-order valence-electron chi connectivity index (χ4n) is 1.80. The molecular formula is C14H10O2S. The van der Waals surface area contributed by atoms with Crippen molar-refractivity contribution in [3.05, 3.63) is 59.7 Å². The molecule has 0 fully saturated rings. The molecule has 2 aromatic rings. The van der Waals surface area contributed by atoms with Gasteiger partial charge in [-0.25, -0.2) is 0 Å². The predicted molar refractivity (Wildman–Crippen MR) is 68.6 cm³/mol. The van der Waals surface area contributed by atoms with E-state index in [0.29, 0.717) is 0 Å². The Morgan fingerprint density at radius 3 is 2.65 bits per heavy atom. The Morgan fingerprint density at radius 2 is 1.82 bits per heavy atom. The molecule has 3 rings (SSSR count). The van der Waals surface area contributed by atoms with Crippen LogP contribution in [-0.4, -0.2) is 5.12 Å². The van der Waals surface area contributed by atoms with Gasteiger partial charge in [-0.15, -0.1) is 0 Å². The summed E-state index contributed by atoms with van der Waals surface area (Å²) in [5, 5.41) is 0.159. The number of fused-ring (bicyclic) bond motifs is 1. The summed E-state index contributed by atoms with van der Waals surface area (Å²) in [6, 6.07) is 15.3. The lowest BCUT2D eigenvalue weighted by Gasteiger charge is -2.06. The van der Waals surface area contributed by atoms with Crippen molar-refractivity contribution in [2.45, 2.75) is 5.75 Å². The molecule has 0 atom stereocenters. The van der Waals surface area contributed by atoms with E-state index < -0.39 is 0 Å². The van der Waals surface area contributed by atoms with Crippen molar-refractivity contribution in [1.82, 2.24) is 0 Å². The van der Waals surface area contributed by atoms with E-state index in [9.17, 15) is 4.79 Å². The Morgan fingerprint density at radius 1 is 1.00 bits per heavy atom. The van der Waals surface area contributed by atoms with Gasteiger partial charge in [-0.2, -0.15) is 0 Å². The smallest absolute Gasteiger partial charge is 0.219 e. The maximum absolute atomic E-state index is 11.5. The van der Waals surface area contributed by atoms with Crippen LogP contribution < -0.4 is 4.74 Å². The van der Waals surface area contributed by atoms with Gasteiger partial charge in [0.25, 0.3) is 0 Å². The van der Waals surface area contributed by atoms with Crippen molar-refractivity contribution in [2.24, 2.45) is 0 Å². The largest absolute Gasteiger partial charge is 0.457 e. The normalized spacial score (nSPS) is 13.5. The molecule has 1 aliphatic heterocycles. The van der Waals surface area contributed by atoms with E-state index in [1.165, 1.54) is 11.8 Å². The molecule has 0 spiro atoms. The lowest BCUT2D eigenvalue weighted by molar-refractivity contribution is 0.109. The van der Waals surface area contributed by atoms with Gasteiger partial charge in [0.05, 0.1) is 0 Å². The third-order valence-corrected chi connectivity index (χ3v) is 3.57. The Labute approximate surface area is 104 Å². The maximum atomic E-state index is 11.5. The van der Waals surface area contributed by atoms with Gasteiger partial charge >= 0.3 is 0 Å². The average molecular weight is 242 g/mol.